The molecule has 0 N–H and O–H groups in total. The smallest absolute Gasteiger partial charge is 0.325 e. The molecule has 8 heteroatoms. The molecule has 0 atom stereocenters. The molecule has 1 aliphatic heterocycles. The van der Waals surface area contributed by atoms with Crippen molar-refractivity contribution in [1.29, 1.82) is 0 Å². The van der Waals surface area contributed by atoms with E-state index in [1.54, 1.807) is 0 Å². The summed E-state index contributed by atoms with van der Waals surface area (Å²) < 4.78 is 73.9. The average molecular weight is 283 g/mol. The first-order valence-corrected chi connectivity index (χ1v) is 5.14. The van der Waals surface area contributed by atoms with Crippen LogP contribution in [0.25, 0.3) is 0 Å². The van der Waals surface area contributed by atoms with Crippen molar-refractivity contribution in [3.8, 4) is 0 Å². The van der Waals surface area contributed by atoms with Gasteiger partial charge in [-0.15, -0.1) is 0 Å². The lowest BCUT2D eigenvalue weighted by Crippen LogP contribution is -2.34. The van der Waals surface area contributed by atoms with Crippen LogP contribution in [0.3, 0.4) is 0 Å². The van der Waals surface area contributed by atoms with E-state index in [2.05, 4.69) is 0 Å². The van der Waals surface area contributed by atoms with Gasteiger partial charge in [-0.1, -0.05) is 0 Å². The second-order valence-electron chi connectivity index (χ2n) is 4.15. The molecule has 0 saturated carbocycles. The number of fused-ring (bicyclic) bond motifs is 1. The van der Waals surface area contributed by atoms with Crippen LogP contribution in [-0.4, -0.2) is 23.5 Å². The van der Waals surface area contributed by atoms with Crippen LogP contribution in [0.15, 0.2) is 18.2 Å². The summed E-state index contributed by atoms with van der Waals surface area (Å²) in [5, 5.41) is 0. The summed E-state index contributed by atoms with van der Waals surface area (Å²) in [6, 6.07) is 2.31. The number of alkyl halides is 6. The molecular formula is C11H7F6NO. The first-order valence-electron chi connectivity index (χ1n) is 5.14. The molecule has 1 aromatic carbocycles. The van der Waals surface area contributed by atoms with E-state index in [-0.39, 0.29) is 11.1 Å². The number of carbonyl (C=O) groups is 1. The highest BCUT2D eigenvalue weighted by Crippen LogP contribution is 2.34. The van der Waals surface area contributed by atoms with Crippen LogP contribution in [0.5, 0.6) is 0 Å². The van der Waals surface area contributed by atoms with Crippen LogP contribution >= 0.6 is 0 Å². The quantitative estimate of drug-likeness (QED) is 0.725. The average Bonchev–Trinajstić information content (AvgIpc) is 2.52. The minimum Gasteiger partial charge on any atom is -0.325 e. The molecule has 2 rings (SSSR count). The molecule has 0 saturated heterocycles. The van der Waals surface area contributed by atoms with E-state index in [1.807, 2.05) is 0 Å². The molecule has 0 radical (unpaired) electrons. The molecule has 0 unspecified atom stereocenters. The summed E-state index contributed by atoms with van der Waals surface area (Å²) in [6.07, 6.45) is -9.17. The van der Waals surface area contributed by atoms with Crippen molar-refractivity contribution in [2.45, 2.75) is 18.9 Å². The van der Waals surface area contributed by atoms with Crippen molar-refractivity contribution in [2.24, 2.45) is 0 Å². The monoisotopic (exact) mass is 283 g/mol. The van der Waals surface area contributed by atoms with Gasteiger partial charge in [-0.05, 0) is 23.8 Å². The summed E-state index contributed by atoms with van der Waals surface area (Å²) in [4.78, 5) is 12.1. The SMILES string of the molecule is O=C1c2ccc(C(F)(F)F)cc2CN1CC(F)(F)F. The Labute approximate surface area is 103 Å². The maximum absolute atomic E-state index is 12.4. The first-order chi connectivity index (χ1) is 8.58. The summed E-state index contributed by atoms with van der Waals surface area (Å²) >= 11 is 0. The second-order valence-corrected chi connectivity index (χ2v) is 4.15. The van der Waals surface area contributed by atoms with Crippen LogP contribution in [0.4, 0.5) is 26.3 Å². The van der Waals surface area contributed by atoms with Crippen molar-refractivity contribution in [3.63, 3.8) is 0 Å². The Kier molecular flexibility index (Phi) is 2.98. The molecule has 2 nitrogen and oxygen atoms in total. The standard InChI is InChI=1S/C11H7F6NO/c12-10(13,14)5-18-4-6-3-7(11(15,16)17)1-2-8(6)9(18)19/h1-3H,4-5H2. The van der Waals surface area contributed by atoms with Gasteiger partial charge in [0.1, 0.15) is 6.54 Å². The lowest BCUT2D eigenvalue weighted by atomic mass is 10.1. The van der Waals surface area contributed by atoms with Gasteiger partial charge >= 0.3 is 12.4 Å². The number of amides is 1. The van der Waals surface area contributed by atoms with Gasteiger partial charge in [-0.3, -0.25) is 4.79 Å². The first kappa shape index (κ1) is 13.7. The number of rotatable bonds is 1. The predicted octanol–water partition coefficient (Wildman–Crippen LogP) is 3.22. The number of nitrogens with zero attached hydrogens (tertiary/aromatic N) is 1. The van der Waals surface area contributed by atoms with Crippen molar-refractivity contribution in [2.75, 3.05) is 6.54 Å². The Bertz CT molecular complexity index is 519. The van der Waals surface area contributed by atoms with E-state index >= 15 is 0 Å². The topological polar surface area (TPSA) is 20.3 Å². The highest BCUT2D eigenvalue weighted by molar-refractivity contribution is 5.98. The Morgan fingerprint density at radius 1 is 1.11 bits per heavy atom. The van der Waals surface area contributed by atoms with Crippen molar-refractivity contribution >= 4 is 5.91 Å². The fourth-order valence-electron chi connectivity index (χ4n) is 1.90. The molecule has 104 valence electrons. The minimum absolute atomic E-state index is 0.0379. The minimum atomic E-state index is -4.59. The predicted molar refractivity (Wildman–Crippen MR) is 52.2 cm³/mol. The number of hydrogen-bond acceptors (Lipinski definition) is 1. The summed E-state index contributed by atoms with van der Waals surface area (Å²) in [6.45, 7) is -1.93. The fourth-order valence-corrected chi connectivity index (χ4v) is 1.90. The van der Waals surface area contributed by atoms with Crippen LogP contribution in [0.2, 0.25) is 0 Å². The highest BCUT2D eigenvalue weighted by Gasteiger charge is 2.39. The van der Waals surface area contributed by atoms with Gasteiger partial charge in [0.25, 0.3) is 5.91 Å². The Balaban J connectivity index is 2.28. The third kappa shape index (κ3) is 2.82. The van der Waals surface area contributed by atoms with E-state index in [4.69, 9.17) is 0 Å². The second kappa shape index (κ2) is 4.14. The molecule has 1 aliphatic rings. The van der Waals surface area contributed by atoms with Gasteiger partial charge in [-0.25, -0.2) is 0 Å². The summed E-state index contributed by atoms with van der Waals surface area (Å²) in [5.41, 5.74) is -1.13. The zero-order valence-electron chi connectivity index (χ0n) is 9.27. The third-order valence-corrected chi connectivity index (χ3v) is 2.68. The van der Waals surface area contributed by atoms with E-state index in [0.29, 0.717) is 17.0 Å². The van der Waals surface area contributed by atoms with Gasteiger partial charge in [0.05, 0.1) is 5.56 Å². The molecule has 0 fully saturated rings. The van der Waals surface area contributed by atoms with Crippen molar-refractivity contribution in [3.05, 3.63) is 34.9 Å². The van der Waals surface area contributed by atoms with E-state index in [9.17, 15) is 31.1 Å². The molecule has 0 aliphatic carbocycles. The third-order valence-electron chi connectivity index (χ3n) is 2.68. The molecule has 1 heterocycles. The van der Waals surface area contributed by atoms with Crippen LogP contribution < -0.4 is 0 Å². The summed E-state index contributed by atoms with van der Waals surface area (Å²) in [7, 11) is 0. The van der Waals surface area contributed by atoms with Gasteiger partial charge in [0.15, 0.2) is 0 Å². The van der Waals surface area contributed by atoms with Crippen LogP contribution in [-0.2, 0) is 12.7 Å². The maximum atomic E-state index is 12.4. The Hall–Kier alpha value is -1.73. The molecule has 1 aromatic rings. The van der Waals surface area contributed by atoms with E-state index < -0.39 is 36.9 Å². The zero-order chi connectivity index (χ0) is 14.4. The van der Waals surface area contributed by atoms with Gasteiger partial charge in [-0.2, -0.15) is 26.3 Å². The maximum Gasteiger partial charge on any atom is 0.416 e. The number of benzene rings is 1. The van der Waals surface area contributed by atoms with Gasteiger partial charge in [0, 0.05) is 12.1 Å². The molecule has 0 aromatic heterocycles. The van der Waals surface area contributed by atoms with Crippen molar-refractivity contribution in [1.82, 2.24) is 4.90 Å². The number of halogens is 6. The summed E-state index contributed by atoms with van der Waals surface area (Å²) in [5.74, 6) is -0.902. The number of carbonyl (C=O) groups excluding carboxylic acids is 1. The molecule has 0 bridgehead atoms. The Morgan fingerprint density at radius 2 is 1.74 bits per heavy atom. The molecule has 0 spiro atoms. The largest absolute Gasteiger partial charge is 0.416 e. The Morgan fingerprint density at radius 3 is 2.26 bits per heavy atom. The van der Waals surface area contributed by atoms with E-state index in [1.165, 1.54) is 0 Å². The van der Waals surface area contributed by atoms with Crippen LogP contribution in [0, 0.1) is 0 Å². The van der Waals surface area contributed by atoms with Gasteiger partial charge in [0.2, 0.25) is 0 Å². The van der Waals surface area contributed by atoms with Gasteiger partial charge < -0.3 is 4.90 Å². The van der Waals surface area contributed by atoms with Crippen LogP contribution in [0.1, 0.15) is 21.5 Å². The fraction of sp³-hybridized carbons (Fsp3) is 0.364. The molecular weight excluding hydrogens is 276 g/mol. The zero-order valence-corrected chi connectivity index (χ0v) is 9.27. The highest BCUT2D eigenvalue weighted by atomic mass is 19.4. The van der Waals surface area contributed by atoms with E-state index in [0.717, 1.165) is 6.07 Å². The molecule has 19 heavy (non-hydrogen) atoms. The number of hydrogen-bond donors (Lipinski definition) is 0. The lowest BCUT2D eigenvalue weighted by Gasteiger charge is -2.17. The molecule has 1 amide bonds. The normalized spacial score (nSPS) is 15.9. The lowest BCUT2D eigenvalue weighted by molar-refractivity contribution is -0.141. The van der Waals surface area contributed by atoms with Crippen molar-refractivity contribution < 1.29 is 31.1 Å².